The van der Waals surface area contributed by atoms with E-state index in [0.717, 1.165) is 11.3 Å². The minimum Gasteiger partial charge on any atom is -0.482 e. The Bertz CT molecular complexity index is 750. The second-order valence-electron chi connectivity index (χ2n) is 6.24. The summed E-state index contributed by atoms with van der Waals surface area (Å²) in [6.45, 7) is 4.07. The molecule has 1 amide bonds. The Morgan fingerprint density at radius 3 is 2.48 bits per heavy atom. The Balaban J connectivity index is 2.05. The van der Waals surface area contributed by atoms with Gasteiger partial charge in [0.25, 0.3) is 5.91 Å². The lowest BCUT2D eigenvalue weighted by Gasteiger charge is -2.18. The van der Waals surface area contributed by atoms with Gasteiger partial charge < -0.3 is 14.7 Å². The summed E-state index contributed by atoms with van der Waals surface area (Å²) in [5, 5.41) is 13.0. The number of carboxylic acid groups (broad SMARTS) is 1. The van der Waals surface area contributed by atoms with Crippen molar-refractivity contribution < 1.29 is 19.4 Å². The first-order valence-corrected chi connectivity index (χ1v) is 8.00. The molecule has 0 spiro atoms. The minimum absolute atomic E-state index is 0.0806. The first-order chi connectivity index (χ1) is 11.8. The molecule has 2 aromatic rings. The third-order valence-electron chi connectivity index (χ3n) is 3.69. The highest BCUT2D eigenvalue weighted by Crippen LogP contribution is 2.20. The Morgan fingerprint density at radius 2 is 1.92 bits per heavy atom. The molecule has 1 N–H and O–H groups in total. The Morgan fingerprint density at radius 1 is 1.28 bits per heavy atom. The van der Waals surface area contributed by atoms with Crippen LogP contribution in [0.1, 0.15) is 41.4 Å². The molecule has 0 radical (unpaired) electrons. The first-order valence-electron chi connectivity index (χ1n) is 8.00. The third-order valence-corrected chi connectivity index (χ3v) is 3.69. The summed E-state index contributed by atoms with van der Waals surface area (Å²) in [7, 11) is 3.55. The van der Waals surface area contributed by atoms with Gasteiger partial charge in [0, 0.05) is 26.8 Å². The molecule has 25 heavy (non-hydrogen) atoms. The van der Waals surface area contributed by atoms with Gasteiger partial charge in [-0.05, 0) is 23.6 Å². The summed E-state index contributed by atoms with van der Waals surface area (Å²) in [5.41, 5.74) is 2.33. The molecule has 7 heteroatoms. The van der Waals surface area contributed by atoms with Crippen molar-refractivity contribution in [2.75, 3.05) is 13.7 Å². The van der Waals surface area contributed by atoms with E-state index in [1.54, 1.807) is 42.0 Å². The maximum atomic E-state index is 12.7. The molecule has 1 aromatic carbocycles. The monoisotopic (exact) mass is 345 g/mol. The molecule has 0 unspecified atom stereocenters. The number of ether oxygens (including phenoxy) is 1. The lowest BCUT2D eigenvalue weighted by Crippen LogP contribution is -2.27. The van der Waals surface area contributed by atoms with Gasteiger partial charge in [0.1, 0.15) is 5.75 Å². The number of hydrogen-bond donors (Lipinski definition) is 1. The number of carbonyl (C=O) groups is 2. The number of amides is 1. The molecule has 1 heterocycles. The van der Waals surface area contributed by atoms with Crippen LogP contribution in [0.5, 0.6) is 5.75 Å². The second kappa shape index (κ2) is 7.83. The Kier molecular flexibility index (Phi) is 5.80. The van der Waals surface area contributed by atoms with Crippen LogP contribution in [0, 0.1) is 0 Å². The maximum Gasteiger partial charge on any atom is 0.341 e. The summed E-state index contributed by atoms with van der Waals surface area (Å²) in [6.07, 6.45) is 1.75. The number of aromatic nitrogens is 2. The fourth-order valence-electron chi connectivity index (χ4n) is 2.48. The molecular weight excluding hydrogens is 322 g/mol. The summed E-state index contributed by atoms with van der Waals surface area (Å²) in [4.78, 5) is 24.8. The van der Waals surface area contributed by atoms with Crippen LogP contribution in [0.2, 0.25) is 0 Å². The van der Waals surface area contributed by atoms with E-state index in [-0.39, 0.29) is 18.4 Å². The molecule has 0 saturated heterocycles. The number of carboxylic acids is 1. The van der Waals surface area contributed by atoms with E-state index >= 15 is 0 Å². The molecule has 2 rings (SSSR count). The van der Waals surface area contributed by atoms with Gasteiger partial charge in [-0.25, -0.2) is 4.79 Å². The molecule has 7 nitrogen and oxygen atoms in total. The van der Waals surface area contributed by atoms with E-state index in [1.807, 2.05) is 26.0 Å². The van der Waals surface area contributed by atoms with Crippen LogP contribution in [0.3, 0.4) is 0 Å². The average molecular weight is 345 g/mol. The van der Waals surface area contributed by atoms with Crippen LogP contribution in [-0.2, 0) is 18.4 Å². The second-order valence-corrected chi connectivity index (χ2v) is 6.24. The van der Waals surface area contributed by atoms with Crippen molar-refractivity contribution in [3.63, 3.8) is 0 Å². The molecule has 1 aromatic heterocycles. The van der Waals surface area contributed by atoms with Crippen molar-refractivity contribution in [1.82, 2.24) is 14.7 Å². The number of nitrogens with zero attached hydrogens (tertiary/aromatic N) is 3. The molecule has 134 valence electrons. The van der Waals surface area contributed by atoms with Gasteiger partial charge in [-0.1, -0.05) is 26.0 Å². The average Bonchev–Trinajstić information content (AvgIpc) is 2.95. The number of hydrogen-bond acceptors (Lipinski definition) is 4. The van der Waals surface area contributed by atoms with Crippen molar-refractivity contribution in [3.05, 3.63) is 47.3 Å². The van der Waals surface area contributed by atoms with Gasteiger partial charge >= 0.3 is 5.97 Å². The van der Waals surface area contributed by atoms with E-state index in [1.165, 1.54) is 0 Å². The molecule has 0 aliphatic rings. The third kappa shape index (κ3) is 4.82. The molecule has 0 saturated carbocycles. The van der Waals surface area contributed by atoms with Crippen molar-refractivity contribution in [2.45, 2.75) is 26.3 Å². The zero-order valence-corrected chi connectivity index (χ0v) is 14.9. The summed E-state index contributed by atoms with van der Waals surface area (Å²) >= 11 is 0. The highest BCUT2D eigenvalue weighted by Gasteiger charge is 2.21. The highest BCUT2D eigenvalue weighted by molar-refractivity contribution is 5.95. The Labute approximate surface area is 146 Å². The van der Waals surface area contributed by atoms with Crippen LogP contribution in [0.15, 0.2) is 30.5 Å². The quantitative estimate of drug-likeness (QED) is 0.832. The van der Waals surface area contributed by atoms with Gasteiger partial charge in [0.15, 0.2) is 6.61 Å². The van der Waals surface area contributed by atoms with E-state index < -0.39 is 5.97 Å². The van der Waals surface area contributed by atoms with Gasteiger partial charge in [-0.15, -0.1) is 0 Å². The predicted octanol–water partition coefficient (Wildman–Crippen LogP) is 2.28. The van der Waals surface area contributed by atoms with E-state index in [2.05, 4.69) is 5.10 Å². The smallest absolute Gasteiger partial charge is 0.341 e. The summed E-state index contributed by atoms with van der Waals surface area (Å²) in [5.74, 6) is -0.455. The molecule has 0 atom stereocenters. The fourth-order valence-corrected chi connectivity index (χ4v) is 2.48. The Hall–Kier alpha value is -2.83. The number of benzene rings is 1. The molecule has 0 aliphatic heterocycles. The van der Waals surface area contributed by atoms with Gasteiger partial charge in [0.05, 0.1) is 11.3 Å². The maximum absolute atomic E-state index is 12.7. The van der Waals surface area contributed by atoms with Crippen LogP contribution < -0.4 is 4.74 Å². The van der Waals surface area contributed by atoms with Crippen molar-refractivity contribution in [1.29, 1.82) is 0 Å². The number of aliphatic carboxylic acids is 1. The number of aryl methyl sites for hydroxylation is 1. The topological polar surface area (TPSA) is 84.7 Å². The van der Waals surface area contributed by atoms with Crippen molar-refractivity contribution in [2.24, 2.45) is 7.05 Å². The zero-order valence-electron chi connectivity index (χ0n) is 14.9. The van der Waals surface area contributed by atoms with Crippen LogP contribution in [0.25, 0.3) is 0 Å². The van der Waals surface area contributed by atoms with Crippen molar-refractivity contribution >= 4 is 11.9 Å². The molecular formula is C18H23N3O4. The van der Waals surface area contributed by atoms with Gasteiger partial charge in [-0.2, -0.15) is 5.10 Å². The molecule has 0 bridgehead atoms. The van der Waals surface area contributed by atoms with Crippen LogP contribution in [-0.4, -0.2) is 45.3 Å². The lowest BCUT2D eigenvalue weighted by atomic mass is 10.1. The van der Waals surface area contributed by atoms with Crippen LogP contribution >= 0.6 is 0 Å². The van der Waals surface area contributed by atoms with E-state index in [9.17, 15) is 9.59 Å². The predicted molar refractivity (Wildman–Crippen MR) is 92.7 cm³/mol. The largest absolute Gasteiger partial charge is 0.482 e. The number of carbonyl (C=O) groups excluding carboxylic acids is 1. The fraction of sp³-hybridized carbons (Fsp3) is 0.389. The zero-order chi connectivity index (χ0) is 18.6. The van der Waals surface area contributed by atoms with Gasteiger partial charge in [0.2, 0.25) is 0 Å². The van der Waals surface area contributed by atoms with Gasteiger partial charge in [-0.3, -0.25) is 9.48 Å². The van der Waals surface area contributed by atoms with E-state index in [0.29, 0.717) is 17.9 Å². The standard InChI is InChI=1S/C18H23N3O4/c1-12(2)17-15(10-21(4)19-17)18(24)20(3)9-13-5-7-14(8-6-13)25-11-16(22)23/h5-8,10,12H,9,11H2,1-4H3,(H,22,23). The molecule has 0 aliphatic carbocycles. The highest BCUT2D eigenvalue weighted by atomic mass is 16.5. The van der Waals surface area contributed by atoms with Crippen molar-refractivity contribution in [3.8, 4) is 5.75 Å². The number of rotatable bonds is 7. The SMILES string of the molecule is CC(C)c1nn(C)cc1C(=O)N(C)Cc1ccc(OCC(=O)O)cc1. The first kappa shape index (κ1) is 18.5. The van der Waals surface area contributed by atoms with Crippen LogP contribution in [0.4, 0.5) is 0 Å². The normalized spacial score (nSPS) is 10.8. The lowest BCUT2D eigenvalue weighted by molar-refractivity contribution is -0.139. The molecule has 0 fully saturated rings. The summed E-state index contributed by atoms with van der Waals surface area (Å²) in [6, 6.07) is 7.02. The van der Waals surface area contributed by atoms with E-state index in [4.69, 9.17) is 9.84 Å². The summed E-state index contributed by atoms with van der Waals surface area (Å²) < 4.78 is 6.76. The minimum atomic E-state index is -1.02.